The van der Waals surface area contributed by atoms with Gasteiger partial charge in [0, 0.05) is 37.1 Å². The predicted molar refractivity (Wildman–Crippen MR) is 122 cm³/mol. The number of rotatable bonds is 6. The number of hydrogen-bond acceptors (Lipinski definition) is 9. The van der Waals surface area contributed by atoms with E-state index in [9.17, 15) is 8.78 Å². The summed E-state index contributed by atoms with van der Waals surface area (Å²) in [5.74, 6) is -0.343. The van der Waals surface area contributed by atoms with Crippen LogP contribution in [0.2, 0.25) is 0 Å². The van der Waals surface area contributed by atoms with Gasteiger partial charge in [-0.25, -0.2) is 18.4 Å². The Morgan fingerprint density at radius 2 is 2.03 bits per heavy atom. The minimum atomic E-state index is -0.604. The van der Waals surface area contributed by atoms with Crippen molar-refractivity contribution in [1.29, 1.82) is 0 Å². The zero-order chi connectivity index (χ0) is 22.2. The number of fused-ring (bicyclic) bond motifs is 1. The van der Waals surface area contributed by atoms with Crippen LogP contribution in [0.5, 0.6) is 0 Å². The molecule has 1 saturated heterocycles. The number of anilines is 2. The van der Waals surface area contributed by atoms with E-state index in [1.54, 1.807) is 11.3 Å². The van der Waals surface area contributed by atoms with Gasteiger partial charge < -0.3 is 10.6 Å². The largest absolute Gasteiger partial charge is 0.396 e. The van der Waals surface area contributed by atoms with E-state index >= 15 is 0 Å². The van der Waals surface area contributed by atoms with Gasteiger partial charge in [0.1, 0.15) is 5.52 Å². The van der Waals surface area contributed by atoms with Crippen LogP contribution in [0.1, 0.15) is 30.1 Å². The molecule has 1 aliphatic rings. The molecule has 168 valence electrons. The van der Waals surface area contributed by atoms with Crippen LogP contribution in [0.4, 0.5) is 19.6 Å². The second-order valence-corrected chi connectivity index (χ2v) is 9.67. The third kappa shape index (κ3) is 3.82. The van der Waals surface area contributed by atoms with Crippen molar-refractivity contribution in [2.75, 3.05) is 36.8 Å². The quantitative estimate of drug-likeness (QED) is 0.426. The topological polar surface area (TPSA) is 89.0 Å². The van der Waals surface area contributed by atoms with Crippen molar-refractivity contribution in [2.24, 2.45) is 0 Å². The third-order valence-corrected chi connectivity index (χ3v) is 7.70. The molecule has 1 unspecified atom stereocenters. The molecule has 1 fully saturated rings. The number of aromatic nitrogens is 5. The van der Waals surface area contributed by atoms with E-state index < -0.39 is 11.6 Å². The van der Waals surface area contributed by atoms with Gasteiger partial charge in [-0.1, -0.05) is 24.3 Å². The maximum Gasteiger partial charge on any atom is 0.186 e. The Labute approximate surface area is 191 Å². The van der Waals surface area contributed by atoms with E-state index in [1.807, 2.05) is 16.1 Å². The lowest BCUT2D eigenvalue weighted by atomic mass is 10.1. The minimum absolute atomic E-state index is 0.0401. The fourth-order valence-corrected chi connectivity index (χ4v) is 5.86. The Hall–Kier alpha value is -2.70. The molecule has 2 N–H and O–H groups in total. The van der Waals surface area contributed by atoms with E-state index in [2.05, 4.69) is 43.3 Å². The van der Waals surface area contributed by atoms with Crippen LogP contribution in [-0.4, -0.2) is 56.3 Å². The summed E-state index contributed by atoms with van der Waals surface area (Å²) in [4.78, 5) is 9.98. The van der Waals surface area contributed by atoms with E-state index in [0.717, 1.165) is 42.7 Å². The van der Waals surface area contributed by atoms with E-state index in [-0.39, 0.29) is 21.9 Å². The average molecular weight is 477 g/mol. The van der Waals surface area contributed by atoms with E-state index in [1.165, 1.54) is 4.88 Å². The first-order chi connectivity index (χ1) is 15.5. The number of thiazole rings is 1. The van der Waals surface area contributed by atoms with Crippen LogP contribution < -0.4 is 10.6 Å². The monoisotopic (exact) mass is 476 g/mol. The minimum Gasteiger partial charge on any atom is -0.396 e. The molecule has 5 rings (SSSR count). The Balaban J connectivity index is 1.31. The first-order valence-corrected chi connectivity index (χ1v) is 12.1. The van der Waals surface area contributed by atoms with Crippen LogP contribution in [0.15, 0.2) is 23.6 Å². The summed E-state index contributed by atoms with van der Waals surface area (Å²) >= 11 is 2.83. The molecule has 0 spiro atoms. The molecular weight excluding hydrogens is 454 g/mol. The van der Waals surface area contributed by atoms with Gasteiger partial charge in [0.05, 0.1) is 23.0 Å². The third-order valence-electron chi connectivity index (χ3n) is 5.73. The lowest BCUT2D eigenvalue weighted by Gasteiger charge is -2.38. The average Bonchev–Trinajstić information content (AvgIpc) is 3.55. The number of thiophene rings is 1. The van der Waals surface area contributed by atoms with Gasteiger partial charge in [-0.15, -0.1) is 16.4 Å². The molecular formula is C20H22F2N8S2. The molecule has 0 bridgehead atoms. The summed E-state index contributed by atoms with van der Waals surface area (Å²) in [6, 6.07) is 5.19. The normalized spacial score (nSPS) is 16.2. The maximum absolute atomic E-state index is 14.3. The van der Waals surface area contributed by atoms with Crippen molar-refractivity contribution in [3.05, 3.63) is 45.9 Å². The summed E-state index contributed by atoms with van der Waals surface area (Å²) in [5.41, 5.74) is 5.42. The molecule has 1 aromatic carbocycles. The number of halogens is 2. The Bertz CT molecular complexity index is 1210. The van der Waals surface area contributed by atoms with Crippen LogP contribution in [-0.2, 0) is 6.54 Å². The molecule has 8 nitrogen and oxygen atoms in total. The van der Waals surface area contributed by atoms with E-state index in [0.29, 0.717) is 24.8 Å². The van der Waals surface area contributed by atoms with Crippen LogP contribution in [0.25, 0.3) is 10.2 Å². The fourth-order valence-electron chi connectivity index (χ4n) is 4.10. The van der Waals surface area contributed by atoms with Crippen molar-refractivity contribution in [3.8, 4) is 0 Å². The molecule has 0 saturated carbocycles. The lowest BCUT2D eigenvalue weighted by molar-refractivity contribution is 0.169. The molecule has 0 aliphatic carbocycles. The number of tetrazole rings is 1. The number of piperazine rings is 1. The van der Waals surface area contributed by atoms with Crippen LogP contribution in [0.3, 0.4) is 0 Å². The van der Waals surface area contributed by atoms with Gasteiger partial charge in [-0.2, -0.15) is 0 Å². The molecule has 12 heteroatoms. The second-order valence-electron chi connectivity index (χ2n) is 7.66. The van der Waals surface area contributed by atoms with Crippen molar-refractivity contribution >= 4 is 43.7 Å². The predicted octanol–water partition coefficient (Wildman–Crippen LogP) is 3.53. The summed E-state index contributed by atoms with van der Waals surface area (Å²) in [5, 5.41) is 15.1. The van der Waals surface area contributed by atoms with Crippen LogP contribution in [0, 0.1) is 11.6 Å². The number of nitrogens with two attached hydrogens (primary N) is 1. The SMILES string of the molecule is CCC(c1nnnn1Cc1cccs1)N1CCN(c2nc3c(F)cc(N)c(F)c3s2)CC1. The molecule has 4 heterocycles. The molecule has 4 aromatic rings. The highest BCUT2D eigenvalue weighted by molar-refractivity contribution is 7.22. The lowest BCUT2D eigenvalue weighted by Crippen LogP contribution is -2.48. The zero-order valence-electron chi connectivity index (χ0n) is 17.4. The first kappa shape index (κ1) is 21.2. The molecule has 32 heavy (non-hydrogen) atoms. The van der Waals surface area contributed by atoms with E-state index in [4.69, 9.17) is 5.73 Å². The molecule has 1 aliphatic heterocycles. The molecule has 1 atom stereocenters. The fraction of sp³-hybridized carbons (Fsp3) is 0.400. The van der Waals surface area contributed by atoms with Gasteiger partial charge in [-0.05, 0) is 28.3 Å². The van der Waals surface area contributed by atoms with Crippen LogP contribution >= 0.6 is 22.7 Å². The highest BCUT2D eigenvalue weighted by Gasteiger charge is 2.29. The Morgan fingerprint density at radius 1 is 1.22 bits per heavy atom. The highest BCUT2D eigenvalue weighted by Crippen LogP contribution is 2.35. The van der Waals surface area contributed by atoms with Crippen molar-refractivity contribution in [2.45, 2.75) is 25.9 Å². The van der Waals surface area contributed by atoms with Crippen molar-refractivity contribution in [1.82, 2.24) is 30.1 Å². The van der Waals surface area contributed by atoms with Gasteiger partial charge >= 0.3 is 0 Å². The molecule has 0 amide bonds. The smallest absolute Gasteiger partial charge is 0.186 e. The number of nitrogen functional groups attached to an aromatic ring is 1. The number of benzene rings is 1. The maximum atomic E-state index is 14.3. The van der Waals surface area contributed by atoms with Gasteiger partial charge in [-0.3, -0.25) is 4.90 Å². The van der Waals surface area contributed by atoms with Gasteiger partial charge in [0.25, 0.3) is 0 Å². The summed E-state index contributed by atoms with van der Waals surface area (Å²) < 4.78 is 30.6. The van der Waals surface area contributed by atoms with Gasteiger partial charge in [0.15, 0.2) is 22.6 Å². The molecule has 3 aromatic heterocycles. The zero-order valence-corrected chi connectivity index (χ0v) is 19.0. The number of hydrogen-bond donors (Lipinski definition) is 1. The summed E-state index contributed by atoms with van der Waals surface area (Å²) in [7, 11) is 0. The standard InChI is InChI=1S/C20H22F2N8S2/c1-2-15(19-25-26-27-30(19)11-12-4-3-9-31-12)28-5-7-29(8-6-28)20-24-17-13(21)10-14(23)16(22)18(17)32-20/h3-4,9-10,15H,2,5-8,11,23H2,1H3. The molecule has 0 radical (unpaired) electrons. The number of nitrogens with zero attached hydrogens (tertiary/aromatic N) is 7. The van der Waals surface area contributed by atoms with Gasteiger partial charge in [0.2, 0.25) is 0 Å². The van der Waals surface area contributed by atoms with Crippen molar-refractivity contribution < 1.29 is 8.78 Å². The highest BCUT2D eigenvalue weighted by atomic mass is 32.1. The Kier molecular flexibility index (Phi) is 5.74. The Morgan fingerprint density at radius 3 is 2.75 bits per heavy atom. The first-order valence-electron chi connectivity index (χ1n) is 10.4. The van der Waals surface area contributed by atoms with Crippen molar-refractivity contribution in [3.63, 3.8) is 0 Å². The summed E-state index contributed by atoms with van der Waals surface area (Å²) in [6.45, 7) is 5.72. The second kappa shape index (κ2) is 8.68. The summed E-state index contributed by atoms with van der Waals surface area (Å²) in [6.07, 6.45) is 0.877.